The lowest BCUT2D eigenvalue weighted by Crippen LogP contribution is -2.22. The van der Waals surface area contributed by atoms with Crippen LogP contribution in [0.4, 0.5) is 5.69 Å². The predicted octanol–water partition coefficient (Wildman–Crippen LogP) is 6.73. The second-order valence-corrected chi connectivity index (χ2v) is 10.2. The molecule has 0 bridgehead atoms. The topological polar surface area (TPSA) is 76.7 Å². The molecule has 0 saturated heterocycles. The first-order valence-corrected chi connectivity index (χ1v) is 13.3. The summed E-state index contributed by atoms with van der Waals surface area (Å²) in [6.07, 6.45) is 0. The molecule has 8 heteroatoms. The Morgan fingerprint density at radius 3 is 2.49 bits per heavy atom. The molecule has 0 unspecified atom stereocenters. The third-order valence-electron chi connectivity index (χ3n) is 5.67. The van der Waals surface area contributed by atoms with Crippen molar-refractivity contribution in [1.29, 1.82) is 0 Å². The molecule has 2 aromatic heterocycles. The molecule has 2 amide bonds. The Morgan fingerprint density at radius 1 is 0.865 bits per heavy atom. The second-order valence-electron chi connectivity index (χ2n) is 8.21. The molecule has 2 N–H and O–H groups in total. The number of benzene rings is 3. The van der Waals surface area contributed by atoms with Crippen molar-refractivity contribution >= 4 is 50.3 Å². The summed E-state index contributed by atoms with van der Waals surface area (Å²) in [4.78, 5) is 26.8. The highest BCUT2D eigenvalue weighted by atomic mass is 32.1. The number of carbonyl (C=O) groups is 2. The summed E-state index contributed by atoms with van der Waals surface area (Å²) in [6.45, 7) is 0.655. The molecule has 0 aliphatic heterocycles. The van der Waals surface area contributed by atoms with Crippen LogP contribution in [0, 0.1) is 0 Å². The summed E-state index contributed by atoms with van der Waals surface area (Å²) < 4.78 is 12.5. The van der Waals surface area contributed by atoms with Crippen LogP contribution in [0.3, 0.4) is 0 Å². The van der Waals surface area contributed by atoms with Gasteiger partial charge in [-0.05, 0) is 52.9 Å². The van der Waals surface area contributed by atoms with E-state index in [4.69, 9.17) is 9.47 Å². The van der Waals surface area contributed by atoms with Crippen molar-refractivity contribution in [2.75, 3.05) is 12.4 Å². The average Bonchev–Trinajstić information content (AvgIpc) is 3.60. The standard InChI is InChI=1S/C29H24N2O4S2/c1-34-22-12-13-23-25(16-22)37-27(26(23)35-18-19-7-3-2-4-8-19)29(33)30-17-20-9-5-10-21(15-20)31-28(32)24-11-6-14-36-24/h2-16H,17-18H2,1H3,(H,30,33)(H,31,32). The van der Waals surface area contributed by atoms with Crippen LogP contribution >= 0.6 is 22.7 Å². The Bertz CT molecular complexity index is 1530. The van der Waals surface area contributed by atoms with Crippen LogP contribution in [0.1, 0.15) is 30.5 Å². The van der Waals surface area contributed by atoms with Gasteiger partial charge in [0.25, 0.3) is 11.8 Å². The minimum atomic E-state index is -0.226. The summed E-state index contributed by atoms with van der Waals surface area (Å²) in [7, 11) is 1.62. The van der Waals surface area contributed by atoms with Gasteiger partial charge >= 0.3 is 0 Å². The van der Waals surface area contributed by atoms with Gasteiger partial charge in [0, 0.05) is 22.3 Å². The number of carbonyl (C=O) groups excluding carboxylic acids is 2. The van der Waals surface area contributed by atoms with Crippen LogP contribution in [0.5, 0.6) is 11.5 Å². The molecule has 0 spiro atoms. The van der Waals surface area contributed by atoms with Gasteiger partial charge in [0.15, 0.2) is 5.75 Å². The zero-order chi connectivity index (χ0) is 25.6. The van der Waals surface area contributed by atoms with Gasteiger partial charge in [0.2, 0.25) is 0 Å². The van der Waals surface area contributed by atoms with Gasteiger partial charge in [0.1, 0.15) is 17.2 Å². The molecular weight excluding hydrogens is 504 g/mol. The fraction of sp³-hybridized carbons (Fsp3) is 0.103. The van der Waals surface area contributed by atoms with Crippen molar-refractivity contribution < 1.29 is 19.1 Å². The maximum atomic E-state index is 13.3. The van der Waals surface area contributed by atoms with Gasteiger partial charge in [-0.1, -0.05) is 48.5 Å². The van der Waals surface area contributed by atoms with Crippen molar-refractivity contribution in [2.24, 2.45) is 0 Å². The molecule has 0 aliphatic carbocycles. The Kier molecular flexibility index (Phi) is 7.49. The van der Waals surface area contributed by atoms with Crippen LogP contribution < -0.4 is 20.1 Å². The van der Waals surface area contributed by atoms with Gasteiger partial charge in [-0.25, -0.2) is 0 Å². The van der Waals surface area contributed by atoms with E-state index in [-0.39, 0.29) is 11.8 Å². The Balaban J connectivity index is 1.33. The zero-order valence-electron chi connectivity index (χ0n) is 20.0. The van der Waals surface area contributed by atoms with Gasteiger partial charge in [0.05, 0.1) is 12.0 Å². The number of ether oxygens (including phenoxy) is 2. The lowest BCUT2D eigenvalue weighted by molar-refractivity contribution is 0.0950. The van der Waals surface area contributed by atoms with Crippen molar-refractivity contribution in [3.05, 3.63) is 111 Å². The highest BCUT2D eigenvalue weighted by molar-refractivity contribution is 7.21. The van der Waals surface area contributed by atoms with E-state index >= 15 is 0 Å². The van der Waals surface area contributed by atoms with Gasteiger partial charge in [-0.15, -0.1) is 22.7 Å². The molecule has 37 heavy (non-hydrogen) atoms. The summed E-state index contributed by atoms with van der Waals surface area (Å²) in [5.41, 5.74) is 2.56. The molecule has 0 atom stereocenters. The molecule has 0 radical (unpaired) electrons. The number of rotatable bonds is 9. The number of amides is 2. The van der Waals surface area contributed by atoms with Gasteiger partial charge in [-0.2, -0.15) is 0 Å². The number of hydrogen-bond acceptors (Lipinski definition) is 6. The highest BCUT2D eigenvalue weighted by Gasteiger charge is 2.21. The number of methoxy groups -OCH3 is 1. The van der Waals surface area contributed by atoms with Crippen LogP contribution in [0.15, 0.2) is 90.3 Å². The van der Waals surface area contributed by atoms with E-state index < -0.39 is 0 Å². The molecule has 5 aromatic rings. The minimum absolute atomic E-state index is 0.155. The van der Waals surface area contributed by atoms with Crippen molar-refractivity contribution in [1.82, 2.24) is 5.32 Å². The predicted molar refractivity (Wildman–Crippen MR) is 149 cm³/mol. The third-order valence-corrected chi connectivity index (χ3v) is 7.67. The monoisotopic (exact) mass is 528 g/mol. The molecule has 2 heterocycles. The van der Waals surface area contributed by atoms with E-state index in [1.54, 1.807) is 13.2 Å². The smallest absolute Gasteiger partial charge is 0.265 e. The Labute approximate surface area is 222 Å². The maximum Gasteiger partial charge on any atom is 0.265 e. The Hall–Kier alpha value is -4.14. The zero-order valence-corrected chi connectivity index (χ0v) is 21.7. The van der Waals surface area contributed by atoms with E-state index in [0.29, 0.717) is 34.3 Å². The largest absolute Gasteiger partial charge is 0.497 e. The SMILES string of the molecule is COc1ccc2c(OCc3ccccc3)c(C(=O)NCc3cccc(NC(=O)c4cccs4)c3)sc2c1. The van der Waals surface area contributed by atoms with Crippen molar-refractivity contribution in [3.8, 4) is 11.5 Å². The van der Waals surface area contributed by atoms with Crippen molar-refractivity contribution in [3.63, 3.8) is 0 Å². The number of hydrogen-bond donors (Lipinski definition) is 2. The van der Waals surface area contributed by atoms with E-state index in [1.807, 2.05) is 84.2 Å². The minimum Gasteiger partial charge on any atom is -0.497 e. The van der Waals surface area contributed by atoms with Crippen molar-refractivity contribution in [2.45, 2.75) is 13.2 Å². The van der Waals surface area contributed by atoms with Crippen LogP contribution in [-0.4, -0.2) is 18.9 Å². The maximum absolute atomic E-state index is 13.3. The van der Waals surface area contributed by atoms with E-state index in [9.17, 15) is 9.59 Å². The quantitative estimate of drug-likeness (QED) is 0.222. The first-order valence-electron chi connectivity index (χ1n) is 11.6. The summed E-state index contributed by atoms with van der Waals surface area (Å²) in [6, 6.07) is 26.6. The first-order chi connectivity index (χ1) is 18.1. The summed E-state index contributed by atoms with van der Waals surface area (Å²) >= 11 is 2.76. The van der Waals surface area contributed by atoms with E-state index in [0.717, 1.165) is 27.0 Å². The van der Waals surface area contributed by atoms with Gasteiger partial charge < -0.3 is 20.1 Å². The molecule has 3 aromatic carbocycles. The first kappa shape index (κ1) is 24.5. The normalized spacial score (nSPS) is 10.7. The lowest BCUT2D eigenvalue weighted by Gasteiger charge is -2.10. The third kappa shape index (κ3) is 5.82. The number of anilines is 1. The van der Waals surface area contributed by atoms with Crippen LogP contribution in [0.25, 0.3) is 10.1 Å². The Morgan fingerprint density at radius 2 is 1.70 bits per heavy atom. The fourth-order valence-electron chi connectivity index (χ4n) is 3.82. The number of fused-ring (bicyclic) bond motifs is 1. The van der Waals surface area contributed by atoms with E-state index in [2.05, 4.69) is 10.6 Å². The fourth-order valence-corrected chi connectivity index (χ4v) is 5.54. The van der Waals surface area contributed by atoms with Gasteiger partial charge in [-0.3, -0.25) is 9.59 Å². The summed E-state index contributed by atoms with van der Waals surface area (Å²) in [5, 5.41) is 8.63. The molecule has 0 aliphatic rings. The lowest BCUT2D eigenvalue weighted by atomic mass is 10.2. The molecule has 0 fully saturated rings. The van der Waals surface area contributed by atoms with Crippen LogP contribution in [-0.2, 0) is 13.2 Å². The molecular formula is C29H24N2O4S2. The highest BCUT2D eigenvalue weighted by Crippen LogP contribution is 2.40. The molecule has 0 saturated carbocycles. The average molecular weight is 529 g/mol. The summed E-state index contributed by atoms with van der Waals surface area (Å²) in [5.74, 6) is 0.894. The number of nitrogens with one attached hydrogen (secondary N) is 2. The number of thiophene rings is 2. The van der Waals surface area contributed by atoms with E-state index in [1.165, 1.54) is 22.7 Å². The molecule has 186 valence electrons. The molecule has 5 rings (SSSR count). The second kappa shape index (κ2) is 11.3. The van der Waals surface area contributed by atoms with Crippen LogP contribution in [0.2, 0.25) is 0 Å². The molecule has 6 nitrogen and oxygen atoms in total.